The number of hydrogen-bond acceptors (Lipinski definition) is 4. The predicted molar refractivity (Wildman–Crippen MR) is 123 cm³/mol. The molecule has 2 aliphatic rings. The first kappa shape index (κ1) is 19.7. The summed E-state index contributed by atoms with van der Waals surface area (Å²) >= 11 is 16.2. The van der Waals surface area contributed by atoms with E-state index in [2.05, 4.69) is 22.0 Å². The second-order valence-electron chi connectivity index (χ2n) is 7.19. The molecule has 0 aliphatic carbocycles. The van der Waals surface area contributed by atoms with Gasteiger partial charge in [0.25, 0.3) is 0 Å². The Bertz CT molecular complexity index is 1150. The molecule has 5 rings (SSSR count). The van der Waals surface area contributed by atoms with Crippen LogP contribution in [-0.2, 0) is 0 Å². The number of methoxy groups -OCH3 is 1. The van der Waals surface area contributed by atoms with Crippen molar-refractivity contribution in [3.63, 3.8) is 0 Å². The lowest BCUT2D eigenvalue weighted by atomic mass is 9.96. The van der Waals surface area contributed by atoms with Gasteiger partial charge in [0.15, 0.2) is 0 Å². The Labute approximate surface area is 193 Å². The zero-order chi connectivity index (χ0) is 20.8. The second kappa shape index (κ2) is 7.80. The van der Waals surface area contributed by atoms with Crippen LogP contribution < -0.4 is 9.47 Å². The fraction of sp³-hybridized carbons (Fsp3) is 0.174. The molecule has 0 saturated carbocycles. The maximum Gasteiger partial charge on any atom is 0.215 e. The molecule has 7 heteroatoms. The molecule has 0 saturated heterocycles. The van der Waals surface area contributed by atoms with Crippen LogP contribution in [-0.4, -0.2) is 17.8 Å². The first-order valence-corrected chi connectivity index (χ1v) is 11.0. The summed E-state index contributed by atoms with van der Waals surface area (Å²) in [6.45, 7) is 0. The van der Waals surface area contributed by atoms with Gasteiger partial charge in [0.05, 0.1) is 23.9 Å². The van der Waals surface area contributed by atoms with Crippen LogP contribution in [0.5, 0.6) is 11.5 Å². The lowest BCUT2D eigenvalue weighted by Gasteiger charge is -2.38. The van der Waals surface area contributed by atoms with E-state index in [0.717, 1.165) is 44.8 Å². The highest BCUT2D eigenvalue weighted by atomic mass is 79.9. The van der Waals surface area contributed by atoms with Crippen molar-refractivity contribution in [3.8, 4) is 11.5 Å². The fourth-order valence-corrected chi connectivity index (χ4v) is 4.80. The smallest absolute Gasteiger partial charge is 0.215 e. The molecule has 0 N–H and O–H groups in total. The first-order valence-electron chi connectivity index (χ1n) is 9.45. The van der Waals surface area contributed by atoms with Crippen LogP contribution in [0.4, 0.5) is 0 Å². The van der Waals surface area contributed by atoms with Crippen molar-refractivity contribution < 1.29 is 9.47 Å². The Balaban J connectivity index is 1.59. The van der Waals surface area contributed by atoms with Gasteiger partial charge in [-0.25, -0.2) is 5.01 Å². The van der Waals surface area contributed by atoms with Crippen LogP contribution in [0.1, 0.15) is 35.4 Å². The maximum atomic E-state index is 6.53. The zero-order valence-corrected chi connectivity index (χ0v) is 19.1. The SMILES string of the molecule is COc1ccc(C2=NN3C(C2)c2cc(Br)ccc2OC3c2ccc(Cl)cc2Cl)cc1. The Morgan fingerprint density at radius 3 is 2.57 bits per heavy atom. The van der Waals surface area contributed by atoms with Gasteiger partial charge >= 0.3 is 0 Å². The minimum Gasteiger partial charge on any atom is -0.497 e. The molecule has 0 amide bonds. The minimum absolute atomic E-state index is 0.0418. The fourth-order valence-electron chi connectivity index (χ4n) is 3.92. The molecule has 0 bridgehead atoms. The average molecular weight is 504 g/mol. The number of hydrogen-bond donors (Lipinski definition) is 0. The number of benzene rings is 3. The lowest BCUT2D eigenvalue weighted by Crippen LogP contribution is -2.33. The molecule has 2 atom stereocenters. The van der Waals surface area contributed by atoms with E-state index < -0.39 is 6.23 Å². The van der Waals surface area contributed by atoms with Crippen molar-refractivity contribution in [1.29, 1.82) is 0 Å². The van der Waals surface area contributed by atoms with E-state index in [4.69, 9.17) is 37.8 Å². The number of nitrogens with zero attached hydrogens (tertiary/aromatic N) is 2. The minimum atomic E-state index is -0.441. The molecule has 2 heterocycles. The van der Waals surface area contributed by atoms with Gasteiger partial charge < -0.3 is 9.47 Å². The zero-order valence-electron chi connectivity index (χ0n) is 16.0. The van der Waals surface area contributed by atoms with E-state index >= 15 is 0 Å². The molecule has 0 aromatic heterocycles. The summed E-state index contributed by atoms with van der Waals surface area (Å²) < 4.78 is 12.7. The highest BCUT2D eigenvalue weighted by Gasteiger charge is 2.41. The van der Waals surface area contributed by atoms with Crippen molar-refractivity contribution in [3.05, 3.63) is 91.9 Å². The molecular weight excluding hydrogens is 487 g/mol. The van der Waals surface area contributed by atoms with E-state index in [9.17, 15) is 0 Å². The quantitative estimate of drug-likeness (QED) is 0.385. The van der Waals surface area contributed by atoms with E-state index in [1.807, 2.05) is 53.5 Å². The molecule has 0 fully saturated rings. The molecule has 3 aromatic rings. The Kier molecular flexibility index (Phi) is 5.13. The van der Waals surface area contributed by atoms with Gasteiger partial charge in [-0.15, -0.1) is 0 Å². The number of halogens is 3. The standard InChI is InChI=1S/C23H17BrCl2N2O2/c1-29-16-6-2-13(3-7-16)20-12-21-18-10-14(24)4-9-22(18)30-23(28(21)27-20)17-8-5-15(25)11-19(17)26/h2-11,21,23H,12H2,1H3. The number of ether oxygens (including phenoxy) is 2. The summed E-state index contributed by atoms with van der Waals surface area (Å²) in [6.07, 6.45) is 0.324. The van der Waals surface area contributed by atoms with Crippen LogP contribution in [0.2, 0.25) is 10.0 Å². The molecule has 0 radical (unpaired) electrons. The number of hydrazone groups is 1. The number of rotatable bonds is 3. The maximum absolute atomic E-state index is 6.53. The van der Waals surface area contributed by atoms with Crippen LogP contribution in [0.25, 0.3) is 0 Å². The van der Waals surface area contributed by atoms with E-state index in [0.29, 0.717) is 10.0 Å². The highest BCUT2D eigenvalue weighted by Crippen LogP contribution is 2.49. The second-order valence-corrected chi connectivity index (χ2v) is 8.95. The lowest BCUT2D eigenvalue weighted by molar-refractivity contribution is -0.0190. The van der Waals surface area contributed by atoms with Gasteiger partial charge in [-0.2, -0.15) is 5.10 Å². The van der Waals surface area contributed by atoms with E-state index in [1.54, 1.807) is 13.2 Å². The summed E-state index contributed by atoms with van der Waals surface area (Å²) in [5.41, 5.74) is 3.98. The molecule has 3 aromatic carbocycles. The van der Waals surface area contributed by atoms with Crippen LogP contribution in [0.3, 0.4) is 0 Å². The van der Waals surface area contributed by atoms with Crippen molar-refractivity contribution in [1.82, 2.24) is 5.01 Å². The third kappa shape index (κ3) is 3.45. The van der Waals surface area contributed by atoms with Crippen LogP contribution in [0, 0.1) is 0 Å². The predicted octanol–water partition coefficient (Wildman–Crippen LogP) is 7.01. The Morgan fingerprint density at radius 2 is 1.83 bits per heavy atom. The van der Waals surface area contributed by atoms with Crippen molar-refractivity contribution >= 4 is 44.8 Å². The molecule has 152 valence electrons. The van der Waals surface area contributed by atoms with Gasteiger partial charge in [0.2, 0.25) is 6.23 Å². The van der Waals surface area contributed by atoms with Gasteiger partial charge in [0, 0.05) is 27.0 Å². The summed E-state index contributed by atoms with van der Waals surface area (Å²) in [7, 11) is 1.66. The largest absolute Gasteiger partial charge is 0.497 e. The normalized spacial score (nSPS) is 19.6. The third-order valence-corrected chi connectivity index (χ3v) is 6.46. The average Bonchev–Trinajstić information content (AvgIpc) is 3.19. The summed E-state index contributed by atoms with van der Waals surface area (Å²) in [6, 6.07) is 19.5. The van der Waals surface area contributed by atoms with E-state index in [-0.39, 0.29) is 6.04 Å². The topological polar surface area (TPSA) is 34.1 Å². The van der Waals surface area contributed by atoms with Gasteiger partial charge in [0.1, 0.15) is 11.5 Å². The summed E-state index contributed by atoms with van der Waals surface area (Å²) in [4.78, 5) is 0. The van der Waals surface area contributed by atoms with Crippen molar-refractivity contribution in [2.45, 2.75) is 18.7 Å². The van der Waals surface area contributed by atoms with Gasteiger partial charge in [-0.05, 0) is 60.2 Å². The monoisotopic (exact) mass is 502 g/mol. The third-order valence-electron chi connectivity index (χ3n) is 5.40. The molecule has 4 nitrogen and oxygen atoms in total. The molecule has 2 unspecified atom stereocenters. The van der Waals surface area contributed by atoms with Crippen molar-refractivity contribution in [2.75, 3.05) is 7.11 Å². The molecular formula is C23H17BrCl2N2O2. The van der Waals surface area contributed by atoms with Crippen molar-refractivity contribution in [2.24, 2.45) is 5.10 Å². The molecule has 30 heavy (non-hydrogen) atoms. The summed E-state index contributed by atoms with van der Waals surface area (Å²) in [5.74, 6) is 1.65. The molecule has 0 spiro atoms. The van der Waals surface area contributed by atoms with E-state index in [1.165, 1.54) is 0 Å². The van der Waals surface area contributed by atoms with Crippen LogP contribution >= 0.6 is 39.1 Å². The Hall–Kier alpha value is -2.21. The number of fused-ring (bicyclic) bond motifs is 3. The highest BCUT2D eigenvalue weighted by molar-refractivity contribution is 9.10. The van der Waals surface area contributed by atoms with Crippen LogP contribution in [0.15, 0.2) is 70.2 Å². The van der Waals surface area contributed by atoms with Gasteiger partial charge in [-0.1, -0.05) is 45.2 Å². The summed E-state index contributed by atoms with van der Waals surface area (Å²) in [5, 5.41) is 8.11. The van der Waals surface area contributed by atoms with Gasteiger partial charge in [-0.3, -0.25) is 0 Å². The Morgan fingerprint density at radius 1 is 1.03 bits per heavy atom. The molecule has 2 aliphatic heterocycles. The first-order chi connectivity index (χ1) is 14.5.